The zero-order valence-electron chi connectivity index (χ0n) is 10.6. The fourth-order valence-corrected chi connectivity index (χ4v) is 2.06. The normalized spacial score (nSPS) is 14.9. The van der Waals surface area contributed by atoms with Gasteiger partial charge in [0.15, 0.2) is 0 Å². The summed E-state index contributed by atoms with van der Waals surface area (Å²) >= 11 is 0. The van der Waals surface area contributed by atoms with E-state index in [0.717, 1.165) is 17.2 Å². The average Bonchev–Trinajstić information content (AvgIpc) is 2.75. The maximum Gasteiger partial charge on any atom is 0.147 e. The Morgan fingerprint density at radius 1 is 1.35 bits per heavy atom. The van der Waals surface area contributed by atoms with Crippen molar-refractivity contribution in [1.82, 2.24) is 24.5 Å². The first-order valence-electron chi connectivity index (χ1n) is 5.63. The first-order chi connectivity index (χ1) is 7.99. The van der Waals surface area contributed by atoms with Crippen molar-refractivity contribution in [3.05, 3.63) is 29.6 Å². The van der Waals surface area contributed by atoms with E-state index in [1.165, 1.54) is 0 Å². The van der Waals surface area contributed by atoms with Crippen LogP contribution < -0.4 is 5.73 Å². The molecule has 0 aliphatic carbocycles. The molecule has 2 rings (SSSR count). The van der Waals surface area contributed by atoms with Crippen molar-refractivity contribution in [2.45, 2.75) is 32.9 Å². The van der Waals surface area contributed by atoms with Crippen molar-refractivity contribution in [2.24, 2.45) is 12.8 Å². The van der Waals surface area contributed by atoms with E-state index in [1.54, 1.807) is 4.68 Å². The highest BCUT2D eigenvalue weighted by Crippen LogP contribution is 2.21. The Labute approximate surface area is 100 Å². The SMILES string of the molecule is Cc1nc(C)n(C(c2cnn(C)c2)C(C)N)n1. The van der Waals surface area contributed by atoms with Crippen molar-refractivity contribution in [2.75, 3.05) is 0 Å². The smallest absolute Gasteiger partial charge is 0.147 e. The minimum atomic E-state index is -0.0565. The van der Waals surface area contributed by atoms with Gasteiger partial charge in [0.25, 0.3) is 0 Å². The molecule has 92 valence electrons. The van der Waals surface area contributed by atoms with Crippen LogP contribution in [0.2, 0.25) is 0 Å². The van der Waals surface area contributed by atoms with E-state index in [9.17, 15) is 0 Å². The van der Waals surface area contributed by atoms with Crippen LogP contribution in [-0.4, -0.2) is 30.6 Å². The van der Waals surface area contributed by atoms with Gasteiger partial charge >= 0.3 is 0 Å². The van der Waals surface area contributed by atoms with Gasteiger partial charge in [0.1, 0.15) is 11.6 Å². The molecular weight excluding hydrogens is 216 g/mol. The monoisotopic (exact) mass is 234 g/mol. The summed E-state index contributed by atoms with van der Waals surface area (Å²) in [5, 5.41) is 8.59. The lowest BCUT2D eigenvalue weighted by molar-refractivity contribution is 0.442. The third-order valence-electron chi connectivity index (χ3n) is 2.74. The van der Waals surface area contributed by atoms with E-state index in [-0.39, 0.29) is 12.1 Å². The summed E-state index contributed by atoms with van der Waals surface area (Å²) in [6, 6.07) is -0.0797. The molecule has 0 aliphatic heterocycles. The minimum Gasteiger partial charge on any atom is -0.326 e. The van der Waals surface area contributed by atoms with E-state index < -0.39 is 0 Å². The summed E-state index contributed by atoms with van der Waals surface area (Å²) in [4.78, 5) is 4.32. The molecule has 0 bridgehead atoms. The first kappa shape index (κ1) is 11.8. The van der Waals surface area contributed by atoms with Crippen LogP contribution in [0.4, 0.5) is 0 Å². The molecule has 0 aromatic carbocycles. The molecule has 0 saturated carbocycles. The molecule has 2 atom stereocenters. The lowest BCUT2D eigenvalue weighted by Gasteiger charge is -2.20. The van der Waals surface area contributed by atoms with E-state index >= 15 is 0 Å². The van der Waals surface area contributed by atoms with Gasteiger partial charge in [-0.25, -0.2) is 9.67 Å². The molecule has 2 heterocycles. The predicted molar refractivity (Wildman–Crippen MR) is 64.5 cm³/mol. The topological polar surface area (TPSA) is 74.5 Å². The Hall–Kier alpha value is -1.69. The molecule has 0 spiro atoms. The number of rotatable bonds is 3. The van der Waals surface area contributed by atoms with Gasteiger partial charge in [-0.05, 0) is 20.8 Å². The van der Waals surface area contributed by atoms with Crippen LogP contribution >= 0.6 is 0 Å². The van der Waals surface area contributed by atoms with Gasteiger partial charge in [0.05, 0.1) is 12.2 Å². The number of aryl methyl sites for hydroxylation is 3. The van der Waals surface area contributed by atoms with E-state index in [4.69, 9.17) is 5.73 Å². The van der Waals surface area contributed by atoms with Crippen molar-refractivity contribution in [1.29, 1.82) is 0 Å². The lowest BCUT2D eigenvalue weighted by Crippen LogP contribution is -2.31. The Morgan fingerprint density at radius 3 is 2.47 bits per heavy atom. The van der Waals surface area contributed by atoms with Gasteiger partial charge in [-0.1, -0.05) is 0 Å². The first-order valence-corrected chi connectivity index (χ1v) is 5.63. The summed E-state index contributed by atoms with van der Waals surface area (Å²) in [7, 11) is 1.89. The molecule has 0 aliphatic rings. The zero-order chi connectivity index (χ0) is 12.6. The molecule has 0 saturated heterocycles. The molecular formula is C11H18N6. The average molecular weight is 234 g/mol. The van der Waals surface area contributed by atoms with Crippen LogP contribution in [0.5, 0.6) is 0 Å². The van der Waals surface area contributed by atoms with Crippen LogP contribution in [0.3, 0.4) is 0 Å². The van der Waals surface area contributed by atoms with Crippen molar-refractivity contribution in [3.8, 4) is 0 Å². The van der Waals surface area contributed by atoms with Gasteiger partial charge in [0.2, 0.25) is 0 Å². The summed E-state index contributed by atoms with van der Waals surface area (Å²) in [5.74, 6) is 1.63. The fourth-order valence-electron chi connectivity index (χ4n) is 2.06. The number of nitrogens with two attached hydrogens (primary N) is 1. The van der Waals surface area contributed by atoms with Gasteiger partial charge < -0.3 is 5.73 Å². The molecule has 0 fully saturated rings. The van der Waals surface area contributed by atoms with Crippen LogP contribution in [0.15, 0.2) is 12.4 Å². The van der Waals surface area contributed by atoms with Crippen LogP contribution in [0, 0.1) is 13.8 Å². The van der Waals surface area contributed by atoms with Crippen molar-refractivity contribution >= 4 is 0 Å². The Balaban J connectivity index is 2.46. The van der Waals surface area contributed by atoms with Gasteiger partial charge in [0, 0.05) is 24.8 Å². The Morgan fingerprint density at radius 2 is 2.06 bits per heavy atom. The lowest BCUT2D eigenvalue weighted by atomic mass is 10.1. The number of hydrogen-bond donors (Lipinski definition) is 1. The van der Waals surface area contributed by atoms with Crippen molar-refractivity contribution in [3.63, 3.8) is 0 Å². The fraction of sp³-hybridized carbons (Fsp3) is 0.545. The summed E-state index contributed by atoms with van der Waals surface area (Å²) in [5.41, 5.74) is 7.11. The van der Waals surface area contributed by atoms with E-state index in [0.29, 0.717) is 0 Å². The standard InChI is InChI=1S/C11H18N6/c1-7(12)11(10-5-13-16(4)6-10)17-9(3)14-8(2)15-17/h5-7,11H,12H2,1-4H3. The molecule has 0 radical (unpaired) electrons. The number of hydrogen-bond acceptors (Lipinski definition) is 4. The molecule has 2 aromatic rings. The second-order valence-electron chi connectivity index (χ2n) is 4.40. The van der Waals surface area contributed by atoms with Crippen LogP contribution in [0.25, 0.3) is 0 Å². The Bertz CT molecular complexity index is 510. The van der Waals surface area contributed by atoms with Gasteiger partial charge in [-0.3, -0.25) is 4.68 Å². The highest BCUT2D eigenvalue weighted by molar-refractivity contribution is 5.15. The maximum absolute atomic E-state index is 6.06. The van der Waals surface area contributed by atoms with E-state index in [2.05, 4.69) is 15.2 Å². The molecule has 17 heavy (non-hydrogen) atoms. The highest BCUT2D eigenvalue weighted by atomic mass is 15.4. The highest BCUT2D eigenvalue weighted by Gasteiger charge is 2.22. The molecule has 0 amide bonds. The maximum atomic E-state index is 6.06. The summed E-state index contributed by atoms with van der Waals surface area (Å²) in [6.07, 6.45) is 3.79. The zero-order valence-corrected chi connectivity index (χ0v) is 10.6. The van der Waals surface area contributed by atoms with Gasteiger partial charge in [-0.2, -0.15) is 10.2 Å². The second kappa shape index (κ2) is 4.29. The van der Waals surface area contributed by atoms with Crippen LogP contribution in [-0.2, 0) is 7.05 Å². The number of nitrogens with zero attached hydrogens (tertiary/aromatic N) is 5. The summed E-state index contributed by atoms with van der Waals surface area (Å²) in [6.45, 7) is 5.78. The second-order valence-corrected chi connectivity index (χ2v) is 4.40. The summed E-state index contributed by atoms with van der Waals surface area (Å²) < 4.78 is 3.64. The third-order valence-corrected chi connectivity index (χ3v) is 2.74. The third kappa shape index (κ3) is 2.21. The molecule has 2 N–H and O–H groups in total. The van der Waals surface area contributed by atoms with E-state index in [1.807, 2.05) is 44.9 Å². The van der Waals surface area contributed by atoms with Gasteiger partial charge in [-0.15, -0.1) is 0 Å². The van der Waals surface area contributed by atoms with Crippen molar-refractivity contribution < 1.29 is 0 Å². The number of aromatic nitrogens is 5. The minimum absolute atomic E-state index is 0.0232. The Kier molecular flexibility index (Phi) is 2.97. The largest absolute Gasteiger partial charge is 0.326 e. The molecule has 6 heteroatoms. The molecule has 2 aromatic heterocycles. The molecule has 6 nitrogen and oxygen atoms in total. The molecule has 2 unspecified atom stereocenters. The van der Waals surface area contributed by atoms with Crippen LogP contribution in [0.1, 0.15) is 30.2 Å². The quantitative estimate of drug-likeness (QED) is 0.842. The predicted octanol–water partition coefficient (Wildman–Crippen LogP) is 0.565.